The smallest absolute Gasteiger partial charge is 0.292 e. The molecule has 2 aliphatic rings. The quantitative estimate of drug-likeness (QED) is 0.788. The highest BCUT2D eigenvalue weighted by molar-refractivity contribution is 6.30. The number of imide groups is 1. The molecule has 2 aromatic carbocycles. The Hall–Kier alpha value is -2.57. The molecule has 2 amide bonds. The molecule has 0 unspecified atom stereocenters. The van der Waals surface area contributed by atoms with Gasteiger partial charge in [0.15, 0.2) is 6.04 Å². The number of carbonyl (C=O) groups is 2. The van der Waals surface area contributed by atoms with Gasteiger partial charge in [-0.25, -0.2) is 4.90 Å². The first-order chi connectivity index (χ1) is 13.6. The van der Waals surface area contributed by atoms with Gasteiger partial charge in [-0.15, -0.1) is 0 Å². The average molecular weight is 401 g/mol. The lowest BCUT2D eigenvalue weighted by Gasteiger charge is -2.35. The molecule has 1 N–H and O–H groups in total. The van der Waals surface area contributed by atoms with Gasteiger partial charge in [-0.3, -0.25) is 9.59 Å². The van der Waals surface area contributed by atoms with Crippen molar-refractivity contribution < 1.29 is 19.2 Å². The third-order valence-electron chi connectivity index (χ3n) is 5.55. The number of benzene rings is 2. The van der Waals surface area contributed by atoms with Crippen molar-refractivity contribution in [3.63, 3.8) is 0 Å². The molecule has 2 saturated heterocycles. The number of hydrogen-bond donors (Lipinski definition) is 1. The molecule has 0 aliphatic carbocycles. The zero-order chi connectivity index (χ0) is 19.7. The lowest BCUT2D eigenvalue weighted by molar-refractivity contribution is -0.915. The lowest BCUT2D eigenvalue weighted by atomic mass is 10.1. The molecule has 2 aliphatic heterocycles. The predicted molar refractivity (Wildman–Crippen MR) is 108 cm³/mol. The van der Waals surface area contributed by atoms with Crippen molar-refractivity contribution in [1.82, 2.24) is 0 Å². The maximum Gasteiger partial charge on any atom is 0.292 e. The Balaban J connectivity index is 1.44. The van der Waals surface area contributed by atoms with Gasteiger partial charge in [0.05, 0.1) is 45.4 Å². The van der Waals surface area contributed by atoms with Crippen molar-refractivity contribution in [3.05, 3.63) is 53.6 Å². The zero-order valence-corrected chi connectivity index (χ0v) is 16.5. The van der Waals surface area contributed by atoms with Crippen LogP contribution in [0.1, 0.15) is 6.42 Å². The van der Waals surface area contributed by atoms with Gasteiger partial charge in [-0.1, -0.05) is 17.7 Å². The van der Waals surface area contributed by atoms with Crippen LogP contribution < -0.4 is 19.4 Å². The number of halogens is 1. The van der Waals surface area contributed by atoms with Crippen LogP contribution in [0.15, 0.2) is 48.5 Å². The van der Waals surface area contributed by atoms with Crippen molar-refractivity contribution >= 4 is 34.8 Å². The van der Waals surface area contributed by atoms with Crippen LogP contribution in [0, 0.1) is 0 Å². The van der Waals surface area contributed by atoms with Gasteiger partial charge < -0.3 is 14.5 Å². The first kappa shape index (κ1) is 18.8. The molecule has 4 rings (SSSR count). The molecule has 0 spiro atoms. The summed E-state index contributed by atoms with van der Waals surface area (Å²) >= 11 is 5.97. The second-order valence-electron chi connectivity index (χ2n) is 7.15. The van der Waals surface area contributed by atoms with Crippen molar-refractivity contribution in [3.8, 4) is 5.75 Å². The van der Waals surface area contributed by atoms with E-state index in [2.05, 4.69) is 4.90 Å². The van der Waals surface area contributed by atoms with Crippen LogP contribution in [0.5, 0.6) is 5.75 Å². The topological polar surface area (TPSA) is 54.3 Å². The van der Waals surface area contributed by atoms with Crippen LogP contribution in [-0.4, -0.2) is 51.1 Å². The molecule has 1 atom stereocenters. The minimum absolute atomic E-state index is 0.117. The Labute approximate surface area is 169 Å². The zero-order valence-electron chi connectivity index (χ0n) is 15.7. The fourth-order valence-electron chi connectivity index (χ4n) is 4.02. The van der Waals surface area contributed by atoms with E-state index < -0.39 is 0 Å². The van der Waals surface area contributed by atoms with Gasteiger partial charge in [0, 0.05) is 16.8 Å². The van der Waals surface area contributed by atoms with E-state index in [1.807, 2.05) is 24.3 Å². The monoisotopic (exact) mass is 400 g/mol. The molecule has 7 heteroatoms. The minimum atomic E-state index is -0.314. The number of nitrogens with zero attached hydrogens (tertiary/aromatic N) is 2. The summed E-state index contributed by atoms with van der Waals surface area (Å²) < 4.78 is 5.22. The Kier molecular flexibility index (Phi) is 5.24. The molecular weight excluding hydrogens is 378 g/mol. The second kappa shape index (κ2) is 7.81. The molecule has 2 fully saturated rings. The summed E-state index contributed by atoms with van der Waals surface area (Å²) in [5.74, 6) is 0.370. The standard InChI is InChI=1S/C21H22ClN3O3/c1-28-18-4-2-3-17(13-18)25-20(26)14-19(21(25)27)24-11-9-23(10-12-24)16-7-5-15(22)6-8-16/h2-8,13,19H,9-12,14H2,1H3/p+1/t19-/m0/s1. The molecule has 2 heterocycles. The normalized spacial score (nSPS) is 20.7. The molecular formula is C21H23ClN3O3+. The number of rotatable bonds is 4. The average Bonchev–Trinajstić information content (AvgIpc) is 3.03. The second-order valence-corrected chi connectivity index (χ2v) is 7.58. The van der Waals surface area contributed by atoms with Gasteiger partial charge in [-0.2, -0.15) is 0 Å². The van der Waals surface area contributed by atoms with Gasteiger partial charge in [0.25, 0.3) is 5.91 Å². The van der Waals surface area contributed by atoms with E-state index in [9.17, 15) is 9.59 Å². The Morgan fingerprint density at radius 3 is 2.43 bits per heavy atom. The third-order valence-corrected chi connectivity index (χ3v) is 5.80. The predicted octanol–water partition coefficient (Wildman–Crippen LogP) is 1.39. The molecule has 0 bridgehead atoms. The number of nitrogens with one attached hydrogen (secondary N) is 1. The molecule has 0 radical (unpaired) electrons. The highest BCUT2D eigenvalue weighted by Crippen LogP contribution is 2.26. The van der Waals surface area contributed by atoms with E-state index in [4.69, 9.17) is 16.3 Å². The van der Waals surface area contributed by atoms with E-state index >= 15 is 0 Å². The molecule has 0 aromatic heterocycles. The summed E-state index contributed by atoms with van der Waals surface area (Å²) in [6.45, 7) is 3.32. The van der Waals surface area contributed by atoms with Gasteiger partial charge in [0.1, 0.15) is 5.75 Å². The number of carbonyl (C=O) groups excluding carboxylic acids is 2. The molecule has 0 saturated carbocycles. The summed E-state index contributed by atoms with van der Waals surface area (Å²) in [4.78, 5) is 30.4. The summed E-state index contributed by atoms with van der Waals surface area (Å²) in [5, 5.41) is 0.723. The SMILES string of the molecule is COc1cccc(N2C(=O)C[C@H]([NH+]3CCN(c4ccc(Cl)cc4)CC3)C2=O)c1. The summed E-state index contributed by atoms with van der Waals surface area (Å²) in [6, 6.07) is 14.6. The van der Waals surface area contributed by atoms with E-state index in [1.165, 1.54) is 9.80 Å². The highest BCUT2D eigenvalue weighted by atomic mass is 35.5. The fourth-order valence-corrected chi connectivity index (χ4v) is 4.15. The Bertz CT molecular complexity index is 879. The van der Waals surface area contributed by atoms with Gasteiger partial charge in [0.2, 0.25) is 5.91 Å². The number of piperazine rings is 1. The first-order valence-corrected chi connectivity index (χ1v) is 9.80. The number of ether oxygens (including phenoxy) is 1. The third kappa shape index (κ3) is 3.57. The van der Waals surface area contributed by atoms with Crippen LogP contribution in [0.4, 0.5) is 11.4 Å². The van der Waals surface area contributed by atoms with Crippen molar-refractivity contribution in [1.29, 1.82) is 0 Å². The minimum Gasteiger partial charge on any atom is -0.497 e. The lowest BCUT2D eigenvalue weighted by Crippen LogP contribution is -3.19. The number of hydrogen-bond acceptors (Lipinski definition) is 4. The highest BCUT2D eigenvalue weighted by Gasteiger charge is 2.46. The maximum absolute atomic E-state index is 13.0. The molecule has 6 nitrogen and oxygen atoms in total. The van der Waals surface area contributed by atoms with Crippen LogP contribution in [0.2, 0.25) is 5.02 Å². The van der Waals surface area contributed by atoms with E-state index in [0.29, 0.717) is 11.4 Å². The summed E-state index contributed by atoms with van der Waals surface area (Å²) in [5.41, 5.74) is 1.71. The molecule has 28 heavy (non-hydrogen) atoms. The van der Waals surface area contributed by atoms with Crippen LogP contribution in [0.3, 0.4) is 0 Å². The van der Waals surface area contributed by atoms with E-state index in [0.717, 1.165) is 36.9 Å². The molecule has 146 valence electrons. The van der Waals surface area contributed by atoms with Gasteiger partial charge in [-0.05, 0) is 36.4 Å². The number of anilines is 2. The molecule has 2 aromatic rings. The van der Waals surface area contributed by atoms with E-state index in [-0.39, 0.29) is 24.3 Å². The Morgan fingerprint density at radius 1 is 1.04 bits per heavy atom. The largest absolute Gasteiger partial charge is 0.497 e. The number of amides is 2. The first-order valence-electron chi connectivity index (χ1n) is 9.43. The van der Waals surface area contributed by atoms with Crippen LogP contribution >= 0.6 is 11.6 Å². The maximum atomic E-state index is 13.0. The van der Waals surface area contributed by atoms with Crippen molar-refractivity contribution in [2.75, 3.05) is 43.1 Å². The van der Waals surface area contributed by atoms with Crippen molar-refractivity contribution in [2.45, 2.75) is 12.5 Å². The summed E-state index contributed by atoms with van der Waals surface area (Å²) in [7, 11) is 1.57. The van der Waals surface area contributed by atoms with Crippen LogP contribution in [0.25, 0.3) is 0 Å². The van der Waals surface area contributed by atoms with Gasteiger partial charge >= 0.3 is 0 Å². The number of quaternary nitrogens is 1. The van der Waals surface area contributed by atoms with E-state index in [1.54, 1.807) is 31.4 Å². The van der Waals surface area contributed by atoms with Crippen molar-refractivity contribution in [2.24, 2.45) is 0 Å². The fraction of sp³-hybridized carbons (Fsp3) is 0.333. The summed E-state index contributed by atoms with van der Waals surface area (Å²) in [6.07, 6.45) is 0.256. The Morgan fingerprint density at radius 2 is 1.75 bits per heavy atom. The number of methoxy groups -OCH3 is 1. The van der Waals surface area contributed by atoms with Crippen LogP contribution in [-0.2, 0) is 9.59 Å².